The van der Waals surface area contributed by atoms with Gasteiger partial charge in [-0.05, 0) is 41.3 Å². The van der Waals surface area contributed by atoms with E-state index in [9.17, 15) is 24.5 Å². The fourth-order valence-electron chi connectivity index (χ4n) is 2.78. The van der Waals surface area contributed by atoms with Crippen LogP contribution < -0.4 is 16.0 Å². The highest BCUT2D eigenvalue weighted by Crippen LogP contribution is 2.14. The molecule has 3 amide bonds. The van der Waals surface area contributed by atoms with Gasteiger partial charge in [-0.3, -0.25) is 24.5 Å². The SMILES string of the molecule is O=C(Cc1ccc([N+](=O)[O-])cc1)Nc1ccc(C(=O)NCCNC(=O)c2cccs2)cc1. The van der Waals surface area contributed by atoms with Crippen LogP contribution in [-0.2, 0) is 11.2 Å². The van der Waals surface area contributed by atoms with Crippen LogP contribution in [0.2, 0.25) is 0 Å². The summed E-state index contributed by atoms with van der Waals surface area (Å²) in [6.07, 6.45) is 0.0669. The number of carbonyl (C=O) groups excluding carboxylic acids is 3. The summed E-state index contributed by atoms with van der Waals surface area (Å²) in [6.45, 7) is 0.586. The van der Waals surface area contributed by atoms with Gasteiger partial charge in [-0.25, -0.2) is 0 Å². The summed E-state index contributed by atoms with van der Waals surface area (Å²) in [6, 6.07) is 15.7. The first kappa shape index (κ1) is 22.6. The Balaban J connectivity index is 1.42. The highest BCUT2D eigenvalue weighted by atomic mass is 32.1. The third kappa shape index (κ3) is 6.47. The van der Waals surface area contributed by atoms with Gasteiger partial charge >= 0.3 is 0 Å². The predicted molar refractivity (Wildman–Crippen MR) is 121 cm³/mol. The fourth-order valence-corrected chi connectivity index (χ4v) is 3.42. The third-order valence-corrected chi connectivity index (χ3v) is 5.25. The highest BCUT2D eigenvalue weighted by molar-refractivity contribution is 7.12. The van der Waals surface area contributed by atoms with Crippen LogP contribution in [0.25, 0.3) is 0 Å². The minimum absolute atomic E-state index is 0.0343. The van der Waals surface area contributed by atoms with Crippen molar-refractivity contribution in [2.45, 2.75) is 6.42 Å². The van der Waals surface area contributed by atoms with Crippen molar-refractivity contribution in [1.82, 2.24) is 10.6 Å². The summed E-state index contributed by atoms with van der Waals surface area (Å²) >= 11 is 1.35. The number of hydrogen-bond donors (Lipinski definition) is 3. The first-order valence-corrected chi connectivity index (χ1v) is 10.5. The monoisotopic (exact) mass is 452 g/mol. The number of nitro groups is 1. The van der Waals surface area contributed by atoms with Crippen LogP contribution >= 0.6 is 11.3 Å². The van der Waals surface area contributed by atoms with E-state index in [1.54, 1.807) is 36.4 Å². The second-order valence-corrected chi connectivity index (χ2v) is 7.66. The molecule has 32 heavy (non-hydrogen) atoms. The zero-order valence-electron chi connectivity index (χ0n) is 16.9. The minimum Gasteiger partial charge on any atom is -0.350 e. The molecule has 1 aromatic heterocycles. The van der Waals surface area contributed by atoms with Crippen molar-refractivity contribution in [1.29, 1.82) is 0 Å². The Morgan fingerprint density at radius 2 is 1.53 bits per heavy atom. The topological polar surface area (TPSA) is 130 Å². The van der Waals surface area contributed by atoms with E-state index in [0.717, 1.165) is 0 Å². The predicted octanol–water partition coefficient (Wildman–Crippen LogP) is 3.00. The molecule has 0 bridgehead atoms. The van der Waals surface area contributed by atoms with Crippen LogP contribution in [0.3, 0.4) is 0 Å². The number of benzene rings is 2. The zero-order valence-corrected chi connectivity index (χ0v) is 17.7. The van der Waals surface area contributed by atoms with Crippen molar-refractivity contribution < 1.29 is 19.3 Å². The standard InChI is InChI=1S/C22H20N4O5S/c27-20(14-15-3-9-18(10-4-15)26(30)31)25-17-7-5-16(6-8-17)21(28)23-11-12-24-22(29)19-2-1-13-32-19/h1-10,13H,11-12,14H2,(H,23,28)(H,24,29)(H,25,27). The quantitative estimate of drug-likeness (QED) is 0.261. The molecule has 0 atom stereocenters. The van der Waals surface area contributed by atoms with Crippen LogP contribution in [0.1, 0.15) is 25.6 Å². The molecule has 0 unspecified atom stereocenters. The van der Waals surface area contributed by atoms with E-state index in [-0.39, 0.29) is 36.4 Å². The molecule has 0 spiro atoms. The molecule has 2 aromatic carbocycles. The van der Waals surface area contributed by atoms with Crippen molar-refractivity contribution in [3.63, 3.8) is 0 Å². The molecule has 3 aromatic rings. The van der Waals surface area contributed by atoms with Crippen molar-refractivity contribution in [3.8, 4) is 0 Å². The van der Waals surface area contributed by atoms with Gasteiger partial charge in [0, 0.05) is 36.5 Å². The van der Waals surface area contributed by atoms with Crippen LogP contribution in [0.4, 0.5) is 11.4 Å². The summed E-state index contributed by atoms with van der Waals surface area (Å²) in [7, 11) is 0. The molecule has 10 heteroatoms. The second kappa shape index (κ2) is 10.8. The van der Waals surface area contributed by atoms with Gasteiger partial charge in [-0.15, -0.1) is 11.3 Å². The molecule has 3 N–H and O–H groups in total. The molecule has 164 valence electrons. The van der Waals surface area contributed by atoms with Crippen LogP contribution in [0, 0.1) is 10.1 Å². The third-order valence-electron chi connectivity index (χ3n) is 4.38. The van der Waals surface area contributed by atoms with Gasteiger partial charge in [-0.1, -0.05) is 18.2 Å². The molecule has 3 rings (SSSR count). The average molecular weight is 452 g/mol. The Morgan fingerprint density at radius 3 is 2.12 bits per heavy atom. The van der Waals surface area contributed by atoms with Crippen molar-refractivity contribution in [3.05, 3.63) is 92.2 Å². The Hall–Kier alpha value is -4.05. The summed E-state index contributed by atoms with van der Waals surface area (Å²) in [5, 5.41) is 20.7. The summed E-state index contributed by atoms with van der Waals surface area (Å²) in [5.41, 5.74) is 1.56. The molecular formula is C22H20N4O5S. The molecule has 0 aliphatic carbocycles. The average Bonchev–Trinajstić information content (AvgIpc) is 3.32. The van der Waals surface area contributed by atoms with Crippen LogP contribution in [-0.4, -0.2) is 35.7 Å². The van der Waals surface area contributed by atoms with Crippen molar-refractivity contribution in [2.24, 2.45) is 0 Å². The maximum atomic E-state index is 12.2. The lowest BCUT2D eigenvalue weighted by Crippen LogP contribution is -2.34. The maximum absolute atomic E-state index is 12.2. The normalized spacial score (nSPS) is 10.2. The Morgan fingerprint density at radius 1 is 0.875 bits per heavy atom. The zero-order chi connectivity index (χ0) is 22.9. The van der Waals surface area contributed by atoms with Gasteiger partial charge in [0.2, 0.25) is 5.91 Å². The van der Waals surface area contributed by atoms with E-state index in [4.69, 9.17) is 0 Å². The molecule has 0 aliphatic rings. The largest absolute Gasteiger partial charge is 0.350 e. The van der Waals surface area contributed by atoms with E-state index in [1.165, 1.54) is 35.6 Å². The lowest BCUT2D eigenvalue weighted by Gasteiger charge is -2.08. The lowest BCUT2D eigenvalue weighted by molar-refractivity contribution is -0.384. The number of anilines is 1. The van der Waals surface area contributed by atoms with Gasteiger partial charge in [0.05, 0.1) is 16.2 Å². The fraction of sp³-hybridized carbons (Fsp3) is 0.136. The number of nitrogens with one attached hydrogen (secondary N) is 3. The van der Waals surface area contributed by atoms with Gasteiger partial charge in [0.15, 0.2) is 0 Å². The van der Waals surface area contributed by atoms with Crippen molar-refractivity contribution >= 4 is 40.4 Å². The number of nitro benzene ring substituents is 1. The number of carbonyl (C=O) groups is 3. The van der Waals surface area contributed by atoms with Crippen molar-refractivity contribution in [2.75, 3.05) is 18.4 Å². The summed E-state index contributed by atoms with van der Waals surface area (Å²) in [5.74, 6) is -0.750. The molecule has 9 nitrogen and oxygen atoms in total. The molecule has 0 saturated carbocycles. The molecular weight excluding hydrogens is 432 g/mol. The van der Waals surface area contributed by atoms with Gasteiger partial charge in [0.25, 0.3) is 17.5 Å². The molecule has 0 radical (unpaired) electrons. The van der Waals surface area contributed by atoms with E-state index in [0.29, 0.717) is 28.2 Å². The van der Waals surface area contributed by atoms with Gasteiger partial charge < -0.3 is 16.0 Å². The number of thiophene rings is 1. The Kier molecular flexibility index (Phi) is 7.65. The maximum Gasteiger partial charge on any atom is 0.269 e. The van der Waals surface area contributed by atoms with Gasteiger partial charge in [-0.2, -0.15) is 0 Å². The molecule has 1 heterocycles. The molecule has 0 saturated heterocycles. The Bertz CT molecular complexity index is 1100. The number of rotatable bonds is 9. The Labute approximate surface area is 187 Å². The first-order valence-electron chi connectivity index (χ1n) is 9.65. The number of non-ortho nitro benzene ring substituents is 1. The summed E-state index contributed by atoms with van der Waals surface area (Å²) < 4.78 is 0. The van der Waals surface area contributed by atoms with E-state index in [1.807, 2.05) is 5.38 Å². The number of hydrogen-bond acceptors (Lipinski definition) is 6. The first-order chi connectivity index (χ1) is 15.4. The lowest BCUT2D eigenvalue weighted by atomic mass is 10.1. The molecule has 0 fully saturated rings. The number of nitrogens with zero attached hydrogens (tertiary/aromatic N) is 1. The second-order valence-electron chi connectivity index (χ2n) is 6.71. The van der Waals surface area contributed by atoms with Gasteiger partial charge in [0.1, 0.15) is 0 Å². The van der Waals surface area contributed by atoms with E-state index < -0.39 is 4.92 Å². The van der Waals surface area contributed by atoms with E-state index in [2.05, 4.69) is 16.0 Å². The highest BCUT2D eigenvalue weighted by Gasteiger charge is 2.10. The van der Waals surface area contributed by atoms with Crippen LogP contribution in [0.15, 0.2) is 66.0 Å². The molecule has 0 aliphatic heterocycles. The minimum atomic E-state index is -0.497. The number of amides is 3. The summed E-state index contributed by atoms with van der Waals surface area (Å²) in [4.78, 5) is 47.0. The smallest absolute Gasteiger partial charge is 0.269 e. The van der Waals surface area contributed by atoms with E-state index >= 15 is 0 Å². The van der Waals surface area contributed by atoms with Crippen LogP contribution in [0.5, 0.6) is 0 Å².